The smallest absolute Gasteiger partial charge is 0.238 e. The van der Waals surface area contributed by atoms with Crippen LogP contribution in [0.5, 0.6) is 5.75 Å². The lowest BCUT2D eigenvalue weighted by atomic mass is 10.0. The Morgan fingerprint density at radius 1 is 1.12 bits per heavy atom. The third-order valence-electron chi connectivity index (χ3n) is 5.91. The minimum Gasteiger partial charge on any atom is -0.495 e. The Kier molecular flexibility index (Phi) is 5.97. The van der Waals surface area contributed by atoms with Crippen LogP contribution in [0.1, 0.15) is 30.9 Å². The molecule has 5 rings (SSSR count). The molecule has 1 fully saturated rings. The quantitative estimate of drug-likeness (QED) is 0.611. The van der Waals surface area contributed by atoms with E-state index in [9.17, 15) is 4.79 Å². The number of thioether (sulfide) groups is 1. The molecule has 0 unspecified atom stereocenters. The average molecular weight is 470 g/mol. The fraction of sp³-hybridized carbons (Fsp3) is 0.348. The van der Waals surface area contributed by atoms with Crippen molar-refractivity contribution in [1.29, 1.82) is 0 Å². The van der Waals surface area contributed by atoms with Gasteiger partial charge in [-0.25, -0.2) is 4.68 Å². The van der Waals surface area contributed by atoms with Gasteiger partial charge in [0.2, 0.25) is 11.1 Å². The van der Waals surface area contributed by atoms with E-state index in [-0.39, 0.29) is 17.2 Å². The second-order valence-electron chi connectivity index (χ2n) is 7.93. The van der Waals surface area contributed by atoms with E-state index in [1.807, 2.05) is 58.1 Å². The molecule has 2 aliphatic rings. The summed E-state index contributed by atoms with van der Waals surface area (Å²) in [5.41, 5.74) is 5.38. The van der Waals surface area contributed by atoms with E-state index in [1.165, 1.54) is 18.2 Å². The Hall–Kier alpha value is -2.71. The summed E-state index contributed by atoms with van der Waals surface area (Å²) in [5.74, 6) is 1.43. The fourth-order valence-corrected chi connectivity index (χ4v) is 5.67. The van der Waals surface area contributed by atoms with Gasteiger partial charge in [0.25, 0.3) is 0 Å². The highest BCUT2D eigenvalue weighted by Crippen LogP contribution is 2.41. The van der Waals surface area contributed by atoms with Gasteiger partial charge < -0.3 is 15.1 Å². The minimum atomic E-state index is -0.377. The Balaban J connectivity index is 1.54. The summed E-state index contributed by atoms with van der Waals surface area (Å²) >= 11 is 7.90. The summed E-state index contributed by atoms with van der Waals surface area (Å²) in [6.07, 6.45) is 3.26. The molecule has 1 saturated heterocycles. The average Bonchev–Trinajstić information content (AvgIpc) is 3.27. The van der Waals surface area contributed by atoms with Gasteiger partial charge in [-0.15, -0.1) is 10.2 Å². The molecule has 3 aromatic rings. The van der Waals surface area contributed by atoms with Crippen LogP contribution in [0.15, 0.2) is 53.7 Å². The molecule has 32 heavy (non-hydrogen) atoms. The second kappa shape index (κ2) is 9.03. The van der Waals surface area contributed by atoms with E-state index in [4.69, 9.17) is 16.3 Å². The number of carbonyl (C=O) groups excluding carboxylic acids is 1. The van der Waals surface area contributed by atoms with Crippen LogP contribution in [0.2, 0.25) is 5.02 Å². The number of carbonyl (C=O) groups is 1. The number of piperidine rings is 1. The van der Waals surface area contributed by atoms with Crippen LogP contribution in [-0.2, 0) is 4.79 Å². The van der Waals surface area contributed by atoms with Crippen LogP contribution >= 0.6 is 23.4 Å². The number of halogens is 1. The van der Waals surface area contributed by atoms with Crippen molar-refractivity contribution in [3.8, 4) is 17.1 Å². The third-order valence-corrected chi connectivity index (χ3v) is 7.41. The summed E-state index contributed by atoms with van der Waals surface area (Å²) in [6.45, 7) is 1.60. The van der Waals surface area contributed by atoms with Crippen LogP contribution in [0.25, 0.3) is 11.4 Å². The predicted octanol–water partition coefficient (Wildman–Crippen LogP) is 4.38. The Bertz CT molecular complexity index is 1120. The standard InChI is InChI=1S/C23H24ClN5O2S/c1-31-18-11-10-16(14-17(18)24)19-20(22(30)28-12-6-3-7-13-28)32-23-26-25-21(29(23)27-19)15-8-4-2-5-9-15/h2,4-5,8-11,14,19-20,27H,3,6-7,12-13H2,1H3/t19-,20-/m0/s1. The van der Waals surface area contributed by atoms with Crippen LogP contribution in [0.4, 0.5) is 0 Å². The summed E-state index contributed by atoms with van der Waals surface area (Å²) in [6, 6.07) is 15.3. The third kappa shape index (κ3) is 3.93. The van der Waals surface area contributed by atoms with Gasteiger partial charge in [-0.1, -0.05) is 59.8 Å². The minimum absolute atomic E-state index is 0.120. The van der Waals surface area contributed by atoms with Gasteiger partial charge in [-0.2, -0.15) is 0 Å². The molecule has 2 atom stereocenters. The number of benzene rings is 2. The largest absolute Gasteiger partial charge is 0.495 e. The van der Waals surface area contributed by atoms with Crippen molar-refractivity contribution in [1.82, 2.24) is 19.8 Å². The molecule has 3 heterocycles. The Labute approximate surface area is 196 Å². The van der Waals surface area contributed by atoms with E-state index in [2.05, 4.69) is 15.6 Å². The summed E-state index contributed by atoms with van der Waals surface area (Å²) < 4.78 is 7.20. The van der Waals surface area contributed by atoms with E-state index in [0.29, 0.717) is 21.8 Å². The van der Waals surface area contributed by atoms with Crippen molar-refractivity contribution in [3.63, 3.8) is 0 Å². The molecule has 9 heteroatoms. The van der Waals surface area contributed by atoms with Crippen molar-refractivity contribution < 1.29 is 9.53 Å². The van der Waals surface area contributed by atoms with Crippen molar-refractivity contribution in [2.45, 2.75) is 35.7 Å². The molecule has 2 aromatic carbocycles. The molecule has 0 spiro atoms. The maximum Gasteiger partial charge on any atom is 0.238 e. The molecule has 7 nitrogen and oxygen atoms in total. The number of aromatic nitrogens is 3. The number of amides is 1. The molecule has 0 aliphatic carbocycles. The van der Waals surface area contributed by atoms with Gasteiger partial charge in [0.1, 0.15) is 11.0 Å². The van der Waals surface area contributed by atoms with E-state index >= 15 is 0 Å². The van der Waals surface area contributed by atoms with Crippen molar-refractivity contribution in [2.24, 2.45) is 0 Å². The molecule has 166 valence electrons. The van der Waals surface area contributed by atoms with Gasteiger partial charge in [0.15, 0.2) is 5.82 Å². The van der Waals surface area contributed by atoms with E-state index in [0.717, 1.165) is 37.1 Å². The van der Waals surface area contributed by atoms with Crippen LogP contribution < -0.4 is 10.2 Å². The van der Waals surface area contributed by atoms with Crippen LogP contribution in [0, 0.1) is 0 Å². The number of nitrogens with zero attached hydrogens (tertiary/aromatic N) is 4. The molecule has 0 bridgehead atoms. The predicted molar refractivity (Wildman–Crippen MR) is 126 cm³/mol. The molecular formula is C23H24ClN5O2S. The Morgan fingerprint density at radius 3 is 2.62 bits per heavy atom. The van der Waals surface area contributed by atoms with Crippen molar-refractivity contribution in [2.75, 3.05) is 25.6 Å². The lowest BCUT2D eigenvalue weighted by Gasteiger charge is -2.37. The first-order valence-electron chi connectivity index (χ1n) is 10.7. The second-order valence-corrected chi connectivity index (χ2v) is 9.45. The Morgan fingerprint density at radius 2 is 1.91 bits per heavy atom. The highest BCUT2D eigenvalue weighted by Gasteiger charge is 2.40. The number of nitrogens with one attached hydrogen (secondary N) is 1. The molecule has 1 N–H and O–H groups in total. The highest BCUT2D eigenvalue weighted by molar-refractivity contribution is 8.00. The number of ether oxygens (including phenoxy) is 1. The van der Waals surface area contributed by atoms with Gasteiger partial charge in [-0.05, 0) is 37.0 Å². The van der Waals surface area contributed by atoms with Crippen molar-refractivity contribution in [3.05, 3.63) is 59.1 Å². The first kappa shape index (κ1) is 21.2. The maximum atomic E-state index is 13.6. The lowest BCUT2D eigenvalue weighted by molar-refractivity contribution is -0.131. The molecule has 1 amide bonds. The first-order valence-corrected chi connectivity index (χ1v) is 12.0. The van der Waals surface area contributed by atoms with E-state index in [1.54, 1.807) is 7.11 Å². The van der Waals surface area contributed by atoms with Crippen LogP contribution in [-0.4, -0.2) is 51.1 Å². The van der Waals surface area contributed by atoms with Gasteiger partial charge in [0, 0.05) is 18.7 Å². The number of hydrogen-bond acceptors (Lipinski definition) is 6. The van der Waals surface area contributed by atoms with Crippen molar-refractivity contribution >= 4 is 29.3 Å². The number of fused-ring (bicyclic) bond motifs is 1. The summed E-state index contributed by atoms with van der Waals surface area (Å²) in [5, 5.41) is 9.60. The summed E-state index contributed by atoms with van der Waals surface area (Å²) in [7, 11) is 1.59. The fourth-order valence-electron chi connectivity index (χ4n) is 4.24. The first-order chi connectivity index (χ1) is 15.7. The van der Waals surface area contributed by atoms with Gasteiger partial charge in [-0.3, -0.25) is 4.79 Å². The topological polar surface area (TPSA) is 72.3 Å². The van der Waals surface area contributed by atoms with Crippen LogP contribution in [0.3, 0.4) is 0 Å². The summed E-state index contributed by atoms with van der Waals surface area (Å²) in [4.78, 5) is 15.6. The molecule has 1 aromatic heterocycles. The molecule has 0 saturated carbocycles. The molecule has 0 radical (unpaired) electrons. The lowest BCUT2D eigenvalue weighted by Crippen LogP contribution is -2.47. The number of methoxy groups -OCH3 is 1. The highest BCUT2D eigenvalue weighted by atomic mass is 35.5. The zero-order valence-corrected chi connectivity index (χ0v) is 19.3. The SMILES string of the molecule is COc1ccc([C@@H]2Nn3c(nnc3-c3ccccc3)S[C@@H]2C(=O)N2CCCCC2)cc1Cl. The zero-order valence-electron chi connectivity index (χ0n) is 17.7. The zero-order chi connectivity index (χ0) is 22.1. The normalized spacial score (nSPS) is 20.4. The molecule has 2 aliphatic heterocycles. The van der Waals surface area contributed by atoms with Gasteiger partial charge in [0.05, 0.1) is 18.2 Å². The maximum absolute atomic E-state index is 13.6. The van der Waals surface area contributed by atoms with E-state index < -0.39 is 0 Å². The monoisotopic (exact) mass is 469 g/mol. The molecular weight excluding hydrogens is 446 g/mol. The number of likely N-dealkylation sites (tertiary alicyclic amines) is 1. The number of rotatable bonds is 4. The van der Waals surface area contributed by atoms with Gasteiger partial charge >= 0.3 is 0 Å². The number of hydrogen-bond donors (Lipinski definition) is 1.